The van der Waals surface area contributed by atoms with Crippen molar-refractivity contribution in [2.24, 2.45) is 0 Å². The van der Waals surface area contributed by atoms with Crippen LogP contribution in [0.3, 0.4) is 0 Å². The van der Waals surface area contributed by atoms with E-state index in [9.17, 15) is 13.6 Å². The Kier molecular flexibility index (Phi) is 4.80. The van der Waals surface area contributed by atoms with Crippen LogP contribution in [0.4, 0.5) is 14.5 Å². The van der Waals surface area contributed by atoms with E-state index >= 15 is 0 Å². The number of nitrogens with zero attached hydrogens (tertiary/aromatic N) is 3. The molecule has 0 aliphatic carbocycles. The zero-order valence-electron chi connectivity index (χ0n) is 12.4. The normalized spacial score (nSPS) is 10.4. The van der Waals surface area contributed by atoms with E-state index in [0.717, 1.165) is 12.1 Å². The summed E-state index contributed by atoms with van der Waals surface area (Å²) < 4.78 is 32.9. The van der Waals surface area contributed by atoms with Gasteiger partial charge in [-0.3, -0.25) is 9.78 Å². The quantitative estimate of drug-likeness (QED) is 0.762. The number of anilines is 1. The summed E-state index contributed by atoms with van der Waals surface area (Å²) in [5, 5.41) is 2.72. The Morgan fingerprint density at radius 1 is 1.16 bits per heavy atom. The van der Waals surface area contributed by atoms with Crippen molar-refractivity contribution in [1.29, 1.82) is 0 Å². The van der Waals surface area contributed by atoms with Crippen LogP contribution in [0.5, 0.6) is 11.5 Å². The second-order valence-electron chi connectivity index (χ2n) is 4.76. The van der Waals surface area contributed by atoms with Gasteiger partial charge in [0.15, 0.2) is 17.3 Å². The number of hydrogen-bond acceptors (Lipinski definition) is 5. The van der Waals surface area contributed by atoms with Gasteiger partial charge in [0.05, 0.1) is 12.4 Å². The lowest BCUT2D eigenvalue weighted by atomic mass is 10.2. The minimum absolute atomic E-state index is 0.0162. The van der Waals surface area contributed by atoms with E-state index in [-0.39, 0.29) is 17.1 Å². The summed E-state index contributed by atoms with van der Waals surface area (Å²) in [5.41, 5.74) is 0.00804. The van der Waals surface area contributed by atoms with E-state index in [4.69, 9.17) is 16.3 Å². The molecule has 1 amide bonds. The average molecular weight is 363 g/mol. The number of amides is 1. The molecule has 0 saturated heterocycles. The zero-order valence-corrected chi connectivity index (χ0v) is 13.2. The smallest absolute Gasteiger partial charge is 0.274 e. The number of benzene rings is 1. The Morgan fingerprint density at radius 2 is 1.92 bits per heavy atom. The van der Waals surface area contributed by atoms with Gasteiger partial charge in [-0.2, -0.15) is 4.39 Å². The van der Waals surface area contributed by atoms with Crippen molar-refractivity contribution in [1.82, 2.24) is 15.0 Å². The highest BCUT2D eigenvalue weighted by atomic mass is 35.5. The third-order valence-corrected chi connectivity index (χ3v) is 3.21. The van der Waals surface area contributed by atoms with Gasteiger partial charge in [-0.05, 0) is 12.1 Å². The van der Waals surface area contributed by atoms with E-state index in [0.29, 0.717) is 5.02 Å². The summed E-state index contributed by atoms with van der Waals surface area (Å²) in [6, 6.07) is 4.80. The number of aromatic nitrogens is 3. The van der Waals surface area contributed by atoms with Gasteiger partial charge in [-0.15, -0.1) is 0 Å². The number of carbonyl (C=O) groups is 1. The van der Waals surface area contributed by atoms with Crippen LogP contribution in [0.15, 0.2) is 49.2 Å². The van der Waals surface area contributed by atoms with Crippen LogP contribution in [0.25, 0.3) is 0 Å². The van der Waals surface area contributed by atoms with Crippen LogP contribution in [-0.4, -0.2) is 20.9 Å². The first kappa shape index (κ1) is 16.7. The molecule has 0 atom stereocenters. The molecule has 1 N–H and O–H groups in total. The minimum Gasteiger partial charge on any atom is -0.451 e. The SMILES string of the molecule is O=C(Nc1cc(F)c(F)c(Oc2cncnc2)c1)c1cc(Cl)ccn1. The van der Waals surface area contributed by atoms with Gasteiger partial charge >= 0.3 is 0 Å². The molecular weight excluding hydrogens is 354 g/mol. The highest BCUT2D eigenvalue weighted by Crippen LogP contribution is 2.29. The maximum Gasteiger partial charge on any atom is 0.274 e. The molecule has 2 heterocycles. The fraction of sp³-hybridized carbons (Fsp3) is 0. The standard InChI is InChI=1S/C16H9ClF2N4O2/c17-9-1-2-22-13(3-9)16(24)23-10-4-12(18)15(19)14(5-10)25-11-6-20-8-21-7-11/h1-8H,(H,23,24). The average Bonchev–Trinajstić information content (AvgIpc) is 2.60. The molecule has 9 heteroatoms. The van der Waals surface area contributed by atoms with Crippen LogP contribution in [0.2, 0.25) is 5.02 Å². The number of pyridine rings is 1. The van der Waals surface area contributed by atoms with Gasteiger partial charge in [0.1, 0.15) is 12.0 Å². The van der Waals surface area contributed by atoms with Crippen molar-refractivity contribution >= 4 is 23.2 Å². The molecule has 0 saturated carbocycles. The number of nitrogens with one attached hydrogen (secondary N) is 1. The molecule has 126 valence electrons. The molecule has 0 fully saturated rings. The van der Waals surface area contributed by atoms with Gasteiger partial charge in [-0.25, -0.2) is 14.4 Å². The Bertz CT molecular complexity index is 925. The predicted molar refractivity (Wildman–Crippen MR) is 85.7 cm³/mol. The lowest BCUT2D eigenvalue weighted by Crippen LogP contribution is -2.14. The van der Waals surface area contributed by atoms with Crippen LogP contribution in [0.1, 0.15) is 10.5 Å². The molecule has 0 aliphatic rings. The maximum atomic E-state index is 13.9. The third kappa shape index (κ3) is 4.04. The molecule has 6 nitrogen and oxygen atoms in total. The lowest BCUT2D eigenvalue weighted by molar-refractivity contribution is 0.102. The van der Waals surface area contributed by atoms with Gasteiger partial charge in [0, 0.05) is 29.0 Å². The Balaban J connectivity index is 1.86. The molecule has 3 rings (SSSR count). The van der Waals surface area contributed by atoms with Crippen molar-refractivity contribution in [3.8, 4) is 11.5 Å². The van der Waals surface area contributed by atoms with Crippen molar-refractivity contribution < 1.29 is 18.3 Å². The van der Waals surface area contributed by atoms with Crippen molar-refractivity contribution in [3.05, 3.63) is 71.5 Å². The molecule has 2 aromatic heterocycles. The predicted octanol–water partition coefficient (Wildman–Crippen LogP) is 3.85. The first-order valence-corrected chi connectivity index (χ1v) is 7.25. The molecule has 0 radical (unpaired) electrons. The summed E-state index contributed by atoms with van der Waals surface area (Å²) in [6.45, 7) is 0. The van der Waals surface area contributed by atoms with E-state index in [1.165, 1.54) is 37.1 Å². The maximum absolute atomic E-state index is 13.9. The number of rotatable bonds is 4. The summed E-state index contributed by atoms with van der Waals surface area (Å²) >= 11 is 5.79. The van der Waals surface area contributed by atoms with Crippen molar-refractivity contribution in [2.75, 3.05) is 5.32 Å². The fourth-order valence-electron chi connectivity index (χ4n) is 1.90. The summed E-state index contributed by atoms with van der Waals surface area (Å²) in [5.74, 6) is -3.35. The second kappa shape index (κ2) is 7.18. The topological polar surface area (TPSA) is 77.0 Å². The number of halogens is 3. The van der Waals surface area contributed by atoms with Gasteiger partial charge in [0.25, 0.3) is 5.91 Å². The molecule has 3 aromatic rings. The minimum atomic E-state index is -1.21. The largest absolute Gasteiger partial charge is 0.451 e. The Labute approximate surface area is 145 Å². The highest BCUT2D eigenvalue weighted by Gasteiger charge is 2.16. The van der Waals surface area contributed by atoms with Gasteiger partial charge in [-0.1, -0.05) is 11.6 Å². The first-order chi connectivity index (χ1) is 12.0. The highest BCUT2D eigenvalue weighted by molar-refractivity contribution is 6.30. The lowest BCUT2D eigenvalue weighted by Gasteiger charge is -2.10. The summed E-state index contributed by atoms with van der Waals surface area (Å²) in [6.07, 6.45) is 5.18. The molecule has 0 bridgehead atoms. The number of carbonyl (C=O) groups excluding carboxylic acids is 1. The van der Waals surface area contributed by atoms with Crippen LogP contribution in [-0.2, 0) is 0 Å². The summed E-state index contributed by atoms with van der Waals surface area (Å²) in [7, 11) is 0. The van der Waals surface area contributed by atoms with Gasteiger partial charge in [0.2, 0.25) is 5.82 Å². The molecule has 25 heavy (non-hydrogen) atoms. The van der Waals surface area contributed by atoms with Gasteiger partial charge < -0.3 is 10.1 Å². The Hall–Kier alpha value is -3.13. The molecule has 0 aliphatic heterocycles. The second-order valence-corrected chi connectivity index (χ2v) is 5.20. The molecular formula is C16H9ClF2N4O2. The van der Waals surface area contributed by atoms with Crippen LogP contribution in [0, 0.1) is 11.6 Å². The zero-order chi connectivity index (χ0) is 17.8. The molecule has 0 spiro atoms. The monoisotopic (exact) mass is 362 g/mol. The van der Waals surface area contributed by atoms with Crippen molar-refractivity contribution in [3.63, 3.8) is 0 Å². The fourth-order valence-corrected chi connectivity index (χ4v) is 2.06. The molecule has 0 unspecified atom stereocenters. The van der Waals surface area contributed by atoms with E-state index in [1.54, 1.807) is 0 Å². The third-order valence-electron chi connectivity index (χ3n) is 2.97. The first-order valence-electron chi connectivity index (χ1n) is 6.88. The molecule has 1 aromatic carbocycles. The van der Waals surface area contributed by atoms with Crippen molar-refractivity contribution in [2.45, 2.75) is 0 Å². The number of ether oxygens (including phenoxy) is 1. The number of hydrogen-bond donors (Lipinski definition) is 1. The van der Waals surface area contributed by atoms with Crippen LogP contribution < -0.4 is 10.1 Å². The van der Waals surface area contributed by atoms with E-state index < -0.39 is 23.3 Å². The van der Waals surface area contributed by atoms with E-state index in [1.807, 2.05) is 0 Å². The van der Waals surface area contributed by atoms with Crippen LogP contribution >= 0.6 is 11.6 Å². The summed E-state index contributed by atoms with van der Waals surface area (Å²) in [4.78, 5) is 23.4. The van der Waals surface area contributed by atoms with E-state index in [2.05, 4.69) is 20.3 Å². The Morgan fingerprint density at radius 3 is 2.64 bits per heavy atom.